The molecule has 4 heterocycles. The SMILES string of the molecule is CCc1cc(Nc2nc(N3CCC(OC)CC3)nc3cc(OCCCN4CCCC4)c(OC)cc23)n[nH]1. The minimum absolute atomic E-state index is 0.288. The Labute approximate surface area is 218 Å². The van der Waals surface area contributed by atoms with Gasteiger partial charge in [0.05, 0.1) is 25.3 Å². The number of anilines is 3. The van der Waals surface area contributed by atoms with Crippen molar-refractivity contribution < 1.29 is 14.2 Å². The molecule has 2 aliphatic rings. The van der Waals surface area contributed by atoms with Gasteiger partial charge in [-0.3, -0.25) is 5.10 Å². The van der Waals surface area contributed by atoms with Crippen molar-refractivity contribution in [3.8, 4) is 11.5 Å². The molecule has 2 aliphatic heterocycles. The minimum atomic E-state index is 0.288. The number of aromatic nitrogens is 4. The molecule has 0 spiro atoms. The van der Waals surface area contributed by atoms with Gasteiger partial charge in [-0.25, -0.2) is 4.98 Å². The second-order valence-electron chi connectivity index (χ2n) is 9.82. The molecule has 0 saturated carbocycles. The van der Waals surface area contributed by atoms with Gasteiger partial charge in [0.2, 0.25) is 5.95 Å². The van der Waals surface area contributed by atoms with Crippen LogP contribution in [0.2, 0.25) is 0 Å². The molecule has 5 rings (SSSR count). The number of methoxy groups -OCH3 is 2. The number of H-pyrrole nitrogens is 1. The van der Waals surface area contributed by atoms with Crippen molar-refractivity contribution in [2.75, 3.05) is 63.8 Å². The Balaban J connectivity index is 1.42. The molecule has 0 aliphatic carbocycles. The first-order chi connectivity index (χ1) is 18.2. The van der Waals surface area contributed by atoms with Crippen LogP contribution in [0.15, 0.2) is 18.2 Å². The van der Waals surface area contributed by atoms with Gasteiger partial charge in [0, 0.05) is 50.0 Å². The molecule has 0 bridgehead atoms. The van der Waals surface area contributed by atoms with Crippen molar-refractivity contribution >= 4 is 28.5 Å². The summed E-state index contributed by atoms with van der Waals surface area (Å²) in [6, 6.07) is 5.94. The van der Waals surface area contributed by atoms with Crippen LogP contribution in [0.4, 0.5) is 17.6 Å². The van der Waals surface area contributed by atoms with Gasteiger partial charge in [-0.15, -0.1) is 0 Å². The summed E-state index contributed by atoms with van der Waals surface area (Å²) in [6.45, 7) is 7.90. The van der Waals surface area contributed by atoms with Gasteiger partial charge in [0.25, 0.3) is 0 Å². The van der Waals surface area contributed by atoms with Crippen molar-refractivity contribution in [2.45, 2.75) is 51.6 Å². The Hall–Kier alpha value is -3.11. The van der Waals surface area contributed by atoms with Crippen molar-refractivity contribution in [1.29, 1.82) is 0 Å². The van der Waals surface area contributed by atoms with Crippen LogP contribution in [-0.4, -0.2) is 84.7 Å². The van der Waals surface area contributed by atoms with Crippen molar-refractivity contribution in [2.24, 2.45) is 0 Å². The first-order valence-corrected chi connectivity index (χ1v) is 13.5. The van der Waals surface area contributed by atoms with E-state index in [2.05, 4.69) is 32.2 Å². The predicted molar refractivity (Wildman–Crippen MR) is 145 cm³/mol. The summed E-state index contributed by atoms with van der Waals surface area (Å²) in [5.74, 6) is 3.49. The van der Waals surface area contributed by atoms with Crippen LogP contribution >= 0.6 is 0 Å². The Bertz CT molecular complexity index is 1170. The number of rotatable bonds is 11. The largest absolute Gasteiger partial charge is 0.493 e. The summed E-state index contributed by atoms with van der Waals surface area (Å²) < 4.78 is 17.5. The van der Waals surface area contributed by atoms with Crippen LogP contribution in [0.1, 0.15) is 44.7 Å². The standard InChI is InChI=1S/C27H39N7O3/c1-4-19-16-25(32-31-19)29-26-21-17-23(36-3)24(37-15-7-12-33-10-5-6-11-33)18-22(21)28-27(30-26)34-13-8-20(35-2)9-14-34/h16-18,20H,4-15H2,1-3H3,(H2,28,29,30,31,32). The Morgan fingerprint density at radius 1 is 1.03 bits per heavy atom. The Morgan fingerprint density at radius 3 is 2.54 bits per heavy atom. The average Bonchev–Trinajstić information content (AvgIpc) is 3.63. The summed E-state index contributed by atoms with van der Waals surface area (Å²) in [6.07, 6.45) is 6.66. The van der Waals surface area contributed by atoms with E-state index in [0.717, 1.165) is 67.7 Å². The number of aryl methyl sites for hydroxylation is 1. The zero-order valence-electron chi connectivity index (χ0n) is 22.3. The lowest BCUT2D eigenvalue weighted by Gasteiger charge is -2.31. The lowest BCUT2D eigenvalue weighted by Crippen LogP contribution is -2.37. The van der Waals surface area contributed by atoms with Gasteiger partial charge in [-0.1, -0.05) is 6.92 Å². The van der Waals surface area contributed by atoms with Gasteiger partial charge in [-0.2, -0.15) is 10.1 Å². The van der Waals surface area contributed by atoms with Gasteiger partial charge >= 0.3 is 0 Å². The third kappa shape index (κ3) is 6.07. The van der Waals surface area contributed by atoms with Crippen molar-refractivity contribution in [1.82, 2.24) is 25.1 Å². The molecule has 10 nitrogen and oxygen atoms in total. The quantitative estimate of drug-likeness (QED) is 0.369. The first kappa shape index (κ1) is 25.5. The second-order valence-corrected chi connectivity index (χ2v) is 9.82. The van der Waals surface area contributed by atoms with Crippen LogP contribution in [0.25, 0.3) is 10.9 Å². The number of piperidine rings is 1. The maximum Gasteiger partial charge on any atom is 0.227 e. The smallest absolute Gasteiger partial charge is 0.227 e. The number of nitrogens with one attached hydrogen (secondary N) is 2. The van der Waals surface area contributed by atoms with Gasteiger partial charge in [0.1, 0.15) is 5.82 Å². The minimum Gasteiger partial charge on any atom is -0.493 e. The number of fused-ring (bicyclic) bond motifs is 1. The molecule has 2 saturated heterocycles. The fourth-order valence-corrected chi connectivity index (χ4v) is 5.13. The molecule has 0 radical (unpaired) electrons. The lowest BCUT2D eigenvalue weighted by atomic mass is 10.1. The molecule has 2 fully saturated rings. The molecule has 0 unspecified atom stereocenters. The predicted octanol–water partition coefficient (Wildman–Crippen LogP) is 4.15. The maximum absolute atomic E-state index is 6.21. The van der Waals surface area contributed by atoms with E-state index in [-0.39, 0.29) is 6.10 Å². The molecule has 10 heteroatoms. The number of hydrogen-bond donors (Lipinski definition) is 2. The molecule has 3 aromatic rings. The molecular weight excluding hydrogens is 470 g/mol. The molecule has 37 heavy (non-hydrogen) atoms. The number of aromatic amines is 1. The first-order valence-electron chi connectivity index (χ1n) is 13.5. The Kier molecular flexibility index (Phi) is 8.25. The van der Waals surface area contributed by atoms with Crippen molar-refractivity contribution in [3.63, 3.8) is 0 Å². The zero-order valence-corrected chi connectivity index (χ0v) is 22.3. The number of benzene rings is 1. The molecule has 1 aromatic carbocycles. The van der Waals surface area contributed by atoms with Crippen LogP contribution in [0.5, 0.6) is 11.5 Å². The third-order valence-electron chi connectivity index (χ3n) is 7.36. The van der Waals surface area contributed by atoms with E-state index in [0.29, 0.717) is 29.9 Å². The number of hydrogen-bond acceptors (Lipinski definition) is 9. The molecule has 0 amide bonds. The van der Waals surface area contributed by atoms with Crippen LogP contribution < -0.4 is 19.7 Å². The number of ether oxygens (including phenoxy) is 3. The summed E-state index contributed by atoms with van der Waals surface area (Å²) >= 11 is 0. The van der Waals surface area contributed by atoms with E-state index in [1.165, 1.54) is 25.9 Å². The van der Waals surface area contributed by atoms with E-state index in [1.54, 1.807) is 14.2 Å². The average molecular weight is 510 g/mol. The normalized spacial score (nSPS) is 17.0. The van der Waals surface area contributed by atoms with Gasteiger partial charge < -0.3 is 29.3 Å². The summed E-state index contributed by atoms with van der Waals surface area (Å²) in [7, 11) is 3.45. The van der Waals surface area contributed by atoms with Crippen LogP contribution in [0.3, 0.4) is 0 Å². The highest BCUT2D eigenvalue weighted by atomic mass is 16.5. The molecular formula is C27H39N7O3. The van der Waals surface area contributed by atoms with E-state index in [4.69, 9.17) is 24.2 Å². The topological polar surface area (TPSA) is 101 Å². The molecule has 200 valence electrons. The monoisotopic (exact) mass is 509 g/mol. The second kappa shape index (κ2) is 12.0. The highest BCUT2D eigenvalue weighted by Gasteiger charge is 2.23. The van der Waals surface area contributed by atoms with E-state index in [9.17, 15) is 0 Å². The zero-order chi connectivity index (χ0) is 25.6. The highest BCUT2D eigenvalue weighted by Crippen LogP contribution is 2.36. The highest BCUT2D eigenvalue weighted by molar-refractivity contribution is 5.94. The van der Waals surface area contributed by atoms with E-state index < -0.39 is 0 Å². The van der Waals surface area contributed by atoms with Crippen LogP contribution in [-0.2, 0) is 11.2 Å². The third-order valence-corrected chi connectivity index (χ3v) is 7.36. The van der Waals surface area contributed by atoms with E-state index >= 15 is 0 Å². The lowest BCUT2D eigenvalue weighted by molar-refractivity contribution is 0.0817. The van der Waals surface area contributed by atoms with E-state index in [1.807, 2.05) is 18.2 Å². The number of likely N-dealkylation sites (tertiary alicyclic amines) is 1. The van der Waals surface area contributed by atoms with Crippen LogP contribution in [0, 0.1) is 0 Å². The van der Waals surface area contributed by atoms with Gasteiger partial charge in [-0.05, 0) is 57.7 Å². The molecule has 0 atom stereocenters. The van der Waals surface area contributed by atoms with Crippen molar-refractivity contribution in [3.05, 3.63) is 23.9 Å². The summed E-state index contributed by atoms with van der Waals surface area (Å²) in [4.78, 5) is 14.6. The Morgan fingerprint density at radius 2 is 1.84 bits per heavy atom. The molecule has 2 aromatic heterocycles. The summed E-state index contributed by atoms with van der Waals surface area (Å²) in [5, 5.41) is 11.7. The fraction of sp³-hybridized carbons (Fsp3) is 0.593. The van der Waals surface area contributed by atoms with Gasteiger partial charge in [0.15, 0.2) is 17.3 Å². The number of nitrogens with zero attached hydrogens (tertiary/aromatic N) is 5. The summed E-state index contributed by atoms with van der Waals surface area (Å²) in [5.41, 5.74) is 1.87. The maximum atomic E-state index is 6.21. The molecule has 2 N–H and O–H groups in total. The fourth-order valence-electron chi connectivity index (χ4n) is 5.13.